The van der Waals surface area contributed by atoms with Gasteiger partial charge in [0.25, 0.3) is 0 Å². The number of hydrogen-bond acceptors (Lipinski definition) is 8. The molecule has 3 aromatic rings. The van der Waals surface area contributed by atoms with Gasteiger partial charge in [0, 0.05) is 43.7 Å². The number of amides is 2. The maximum Gasteiger partial charge on any atom is 0.320 e. The maximum absolute atomic E-state index is 12.1. The van der Waals surface area contributed by atoms with Crippen LogP contribution in [0.3, 0.4) is 0 Å². The van der Waals surface area contributed by atoms with Crippen molar-refractivity contribution in [1.29, 1.82) is 0 Å². The van der Waals surface area contributed by atoms with Gasteiger partial charge in [-0.1, -0.05) is 0 Å². The summed E-state index contributed by atoms with van der Waals surface area (Å²) < 4.78 is 1.81. The summed E-state index contributed by atoms with van der Waals surface area (Å²) in [6.45, 7) is 3.21. The van der Waals surface area contributed by atoms with Crippen LogP contribution in [0.15, 0.2) is 48.2 Å². The standard InChI is InChI=1S/C17H20N10O/c1-2-27-24-14(23-25-27)5-7-19-17(28)22-15-11-26-10-13(20-9-16(26)21-15)12-4-3-6-18-8-12/h3-4,6,8-11,25H,2,5,7H2,1H3,(H,23,24)(H2,19,22,28). The highest BCUT2D eigenvalue weighted by Gasteiger charge is 2.12. The monoisotopic (exact) mass is 380 g/mol. The molecule has 0 spiro atoms. The summed E-state index contributed by atoms with van der Waals surface area (Å²) >= 11 is 0. The molecule has 2 amide bonds. The molecule has 1 aliphatic heterocycles. The molecule has 0 atom stereocenters. The zero-order valence-corrected chi connectivity index (χ0v) is 15.3. The number of fused-ring (bicyclic) bond motifs is 1. The predicted molar refractivity (Wildman–Crippen MR) is 104 cm³/mol. The normalized spacial score (nSPS) is 13.7. The quantitative estimate of drug-likeness (QED) is 0.502. The third-order valence-corrected chi connectivity index (χ3v) is 4.07. The molecule has 0 bridgehead atoms. The molecule has 0 radical (unpaired) electrons. The van der Waals surface area contributed by atoms with E-state index in [9.17, 15) is 4.79 Å². The van der Waals surface area contributed by atoms with E-state index in [4.69, 9.17) is 0 Å². The first kappa shape index (κ1) is 17.7. The topological polar surface area (TPSA) is 124 Å². The Morgan fingerprint density at radius 1 is 1.29 bits per heavy atom. The van der Waals surface area contributed by atoms with Gasteiger partial charge in [0.15, 0.2) is 11.5 Å². The molecule has 0 saturated heterocycles. The van der Waals surface area contributed by atoms with E-state index in [1.54, 1.807) is 29.9 Å². The Balaban J connectivity index is 1.33. The van der Waals surface area contributed by atoms with Gasteiger partial charge in [0.1, 0.15) is 5.84 Å². The highest BCUT2D eigenvalue weighted by molar-refractivity contribution is 5.89. The van der Waals surface area contributed by atoms with E-state index in [1.165, 1.54) is 0 Å². The SMILES string of the molecule is CCN1NN=C(CCNC(=O)Nc2cn3cc(-c4cccnc4)ncc3n2)N1. The van der Waals surface area contributed by atoms with Crippen LogP contribution in [-0.2, 0) is 0 Å². The second-order valence-electron chi connectivity index (χ2n) is 6.05. The summed E-state index contributed by atoms with van der Waals surface area (Å²) in [5, 5.41) is 11.4. The Bertz CT molecular complexity index is 1000. The molecule has 11 nitrogen and oxygen atoms in total. The fourth-order valence-corrected chi connectivity index (χ4v) is 2.67. The van der Waals surface area contributed by atoms with Crippen molar-refractivity contribution < 1.29 is 4.79 Å². The van der Waals surface area contributed by atoms with Crippen LogP contribution in [0.1, 0.15) is 13.3 Å². The highest BCUT2D eigenvalue weighted by atomic mass is 16.2. The molecule has 11 heteroatoms. The van der Waals surface area contributed by atoms with E-state index in [-0.39, 0.29) is 6.03 Å². The largest absolute Gasteiger partial charge is 0.337 e. The number of imidazole rings is 1. The Kier molecular flexibility index (Phi) is 4.97. The lowest BCUT2D eigenvalue weighted by Crippen LogP contribution is -2.41. The first-order chi connectivity index (χ1) is 13.7. The van der Waals surface area contributed by atoms with Crippen molar-refractivity contribution in [3.63, 3.8) is 0 Å². The van der Waals surface area contributed by atoms with Crippen LogP contribution in [-0.4, -0.2) is 49.4 Å². The molecule has 0 aromatic carbocycles. The van der Waals surface area contributed by atoms with Crippen LogP contribution < -0.4 is 21.6 Å². The van der Waals surface area contributed by atoms with Crippen molar-refractivity contribution in [3.05, 3.63) is 43.1 Å². The number of nitrogens with one attached hydrogen (secondary N) is 4. The lowest BCUT2D eigenvalue weighted by atomic mass is 10.2. The van der Waals surface area contributed by atoms with Crippen LogP contribution in [0.2, 0.25) is 0 Å². The third-order valence-electron chi connectivity index (χ3n) is 4.07. The highest BCUT2D eigenvalue weighted by Crippen LogP contribution is 2.17. The average molecular weight is 380 g/mol. The van der Waals surface area contributed by atoms with Gasteiger partial charge in [0.05, 0.1) is 18.1 Å². The van der Waals surface area contributed by atoms with Crippen molar-refractivity contribution in [3.8, 4) is 11.3 Å². The number of anilines is 1. The number of pyridine rings is 1. The van der Waals surface area contributed by atoms with Crippen LogP contribution >= 0.6 is 0 Å². The van der Waals surface area contributed by atoms with Crippen molar-refractivity contribution in [1.82, 2.24) is 40.7 Å². The molecule has 0 unspecified atom stereocenters. The van der Waals surface area contributed by atoms with Gasteiger partial charge in [-0.2, -0.15) is 0 Å². The third kappa shape index (κ3) is 3.99. The fourth-order valence-electron chi connectivity index (χ4n) is 2.67. The molecule has 4 N–H and O–H groups in total. The van der Waals surface area contributed by atoms with Crippen molar-refractivity contribution in [2.24, 2.45) is 5.10 Å². The predicted octanol–water partition coefficient (Wildman–Crippen LogP) is 0.961. The molecular formula is C17H20N10O. The van der Waals surface area contributed by atoms with Gasteiger partial charge >= 0.3 is 6.03 Å². The number of carbonyl (C=O) groups excluding carboxylic acids is 1. The Morgan fingerprint density at radius 2 is 2.21 bits per heavy atom. The first-order valence-electron chi connectivity index (χ1n) is 8.87. The number of amidine groups is 1. The van der Waals surface area contributed by atoms with Gasteiger partial charge in [-0.15, -0.1) is 10.2 Å². The van der Waals surface area contributed by atoms with Crippen molar-refractivity contribution in [2.75, 3.05) is 18.4 Å². The molecule has 4 heterocycles. The van der Waals surface area contributed by atoms with E-state index < -0.39 is 0 Å². The second-order valence-corrected chi connectivity index (χ2v) is 6.05. The Labute approximate surface area is 160 Å². The first-order valence-corrected chi connectivity index (χ1v) is 8.87. The van der Waals surface area contributed by atoms with E-state index >= 15 is 0 Å². The Hall–Kier alpha value is -3.73. The van der Waals surface area contributed by atoms with E-state index in [0.717, 1.165) is 23.6 Å². The lowest BCUT2D eigenvalue weighted by Gasteiger charge is -2.12. The number of rotatable bonds is 6. The summed E-state index contributed by atoms with van der Waals surface area (Å²) in [5.74, 6) is 1.21. The maximum atomic E-state index is 12.1. The molecule has 4 rings (SSSR count). The summed E-state index contributed by atoms with van der Waals surface area (Å²) in [5.41, 5.74) is 8.22. The number of carbonyl (C=O) groups is 1. The van der Waals surface area contributed by atoms with Gasteiger partial charge < -0.3 is 9.72 Å². The molecule has 0 saturated carbocycles. The summed E-state index contributed by atoms with van der Waals surface area (Å²) in [4.78, 5) is 24.9. The molecule has 1 aliphatic rings. The van der Waals surface area contributed by atoms with Gasteiger partial charge in [-0.05, 0) is 19.1 Å². The minimum Gasteiger partial charge on any atom is -0.337 e. The van der Waals surface area contributed by atoms with E-state index in [0.29, 0.717) is 24.4 Å². The molecule has 144 valence electrons. The van der Waals surface area contributed by atoms with Gasteiger partial charge in [-0.3, -0.25) is 20.7 Å². The fraction of sp³-hybridized carbons (Fsp3) is 0.235. The van der Waals surface area contributed by atoms with E-state index in [1.807, 2.05) is 29.7 Å². The van der Waals surface area contributed by atoms with Gasteiger partial charge in [0.2, 0.25) is 0 Å². The number of hydrazine groups is 2. The number of aromatic nitrogens is 4. The molecular weight excluding hydrogens is 360 g/mol. The van der Waals surface area contributed by atoms with Crippen LogP contribution in [0, 0.1) is 0 Å². The molecule has 28 heavy (non-hydrogen) atoms. The minimum absolute atomic E-state index is 0.331. The summed E-state index contributed by atoms with van der Waals surface area (Å²) in [6, 6.07) is 3.46. The summed E-state index contributed by atoms with van der Waals surface area (Å²) in [6.07, 6.45) is 9.28. The lowest BCUT2D eigenvalue weighted by molar-refractivity contribution is 0.190. The Morgan fingerprint density at radius 3 is 3.00 bits per heavy atom. The number of urea groups is 1. The molecule has 3 aromatic heterocycles. The zero-order valence-electron chi connectivity index (χ0n) is 15.3. The molecule has 0 fully saturated rings. The number of nitrogens with zero attached hydrogens (tertiary/aromatic N) is 6. The second kappa shape index (κ2) is 7.88. The van der Waals surface area contributed by atoms with Crippen molar-refractivity contribution in [2.45, 2.75) is 13.3 Å². The average Bonchev–Trinajstić information content (AvgIpc) is 3.34. The summed E-state index contributed by atoms with van der Waals surface area (Å²) in [7, 11) is 0. The van der Waals surface area contributed by atoms with Crippen LogP contribution in [0.25, 0.3) is 16.9 Å². The number of hydrogen-bond donors (Lipinski definition) is 4. The molecule has 0 aliphatic carbocycles. The van der Waals surface area contributed by atoms with Crippen LogP contribution in [0.4, 0.5) is 10.6 Å². The van der Waals surface area contributed by atoms with Gasteiger partial charge in [-0.25, -0.2) is 15.3 Å². The number of hydrazone groups is 1. The smallest absolute Gasteiger partial charge is 0.320 e. The zero-order chi connectivity index (χ0) is 19.3. The minimum atomic E-state index is -0.331. The van der Waals surface area contributed by atoms with Crippen LogP contribution in [0.5, 0.6) is 0 Å². The van der Waals surface area contributed by atoms with Crippen molar-refractivity contribution >= 4 is 23.3 Å². The van der Waals surface area contributed by atoms with E-state index in [2.05, 4.69) is 41.6 Å².